The molecular weight excluding hydrogens is 540 g/mol. The number of hydrogen-bond donors (Lipinski definition) is 3. The lowest BCUT2D eigenvalue weighted by atomic mass is 9.83. The number of anilines is 3. The van der Waals surface area contributed by atoms with Crippen LogP contribution in [0.1, 0.15) is 40.0 Å². The Morgan fingerprint density at radius 2 is 1.93 bits per heavy atom. The molecule has 0 bridgehead atoms. The molecule has 1 unspecified atom stereocenters. The molecule has 3 amide bonds. The monoisotopic (exact) mass is 577 g/mol. The average Bonchev–Trinajstić information content (AvgIpc) is 2.94. The van der Waals surface area contributed by atoms with E-state index in [0.717, 1.165) is 30.8 Å². The van der Waals surface area contributed by atoms with Gasteiger partial charge in [0.2, 0.25) is 11.8 Å². The summed E-state index contributed by atoms with van der Waals surface area (Å²) in [5.74, 6) is -2.24. The first-order valence-electron chi connectivity index (χ1n) is 13.6. The summed E-state index contributed by atoms with van der Waals surface area (Å²) in [7, 11) is 1.29. The van der Waals surface area contributed by atoms with E-state index in [2.05, 4.69) is 35.9 Å². The van der Waals surface area contributed by atoms with Crippen LogP contribution < -0.4 is 25.6 Å². The van der Waals surface area contributed by atoms with E-state index >= 15 is 0 Å². The van der Waals surface area contributed by atoms with Crippen LogP contribution in [0.3, 0.4) is 0 Å². The van der Waals surface area contributed by atoms with E-state index in [-0.39, 0.29) is 42.5 Å². The molecular formula is C26H37F2N9O4. The quantitative estimate of drug-likeness (QED) is 0.427. The summed E-state index contributed by atoms with van der Waals surface area (Å²) in [6, 6.07) is -0.760. The molecule has 0 aromatic carbocycles. The predicted molar refractivity (Wildman–Crippen MR) is 147 cm³/mol. The summed E-state index contributed by atoms with van der Waals surface area (Å²) >= 11 is 0. The molecule has 4 heterocycles. The molecule has 2 aliphatic rings. The maximum absolute atomic E-state index is 15.0. The molecule has 0 radical (unpaired) electrons. The molecule has 13 nitrogen and oxygen atoms in total. The van der Waals surface area contributed by atoms with Crippen LogP contribution in [0.25, 0.3) is 0 Å². The van der Waals surface area contributed by atoms with Crippen LogP contribution >= 0.6 is 0 Å². The lowest BCUT2D eigenvalue weighted by molar-refractivity contribution is -0.0760. The number of carbonyl (C=O) groups excluding carboxylic acids is 2. The average molecular weight is 578 g/mol. The van der Waals surface area contributed by atoms with Crippen molar-refractivity contribution < 1.29 is 27.8 Å². The van der Waals surface area contributed by atoms with Crippen molar-refractivity contribution >= 4 is 29.7 Å². The number of ether oxygens (including phenoxy) is 2. The second-order valence-corrected chi connectivity index (χ2v) is 10.6. The summed E-state index contributed by atoms with van der Waals surface area (Å²) in [6.45, 7) is 7.44. The molecule has 2 saturated heterocycles. The Hall–Kier alpha value is -3.88. The number of piperidine rings is 2. The summed E-state index contributed by atoms with van der Waals surface area (Å²) in [4.78, 5) is 44.6. The van der Waals surface area contributed by atoms with Gasteiger partial charge in [0.25, 0.3) is 5.92 Å². The van der Waals surface area contributed by atoms with Crippen LogP contribution in [-0.4, -0.2) is 94.4 Å². The standard InChI is InChI=1S/C26H37F2N9O4/c1-5-40-21-15-31-20(14-32-21)34-23(38)36(4)18-16-37(13-9-26(18,27)28)22-30-12-8-19(33-22)35-24(39)41-25(2,3)17-6-10-29-11-7-17/h8,12,14-15,17-18,29H,5-7,9-11,13,16H2,1-4H3,(H,31,34,38)(H,30,33,35,39). The van der Waals surface area contributed by atoms with Crippen LogP contribution in [0, 0.1) is 5.92 Å². The van der Waals surface area contributed by atoms with E-state index in [9.17, 15) is 18.4 Å². The molecule has 2 aromatic heterocycles. The first-order chi connectivity index (χ1) is 19.5. The number of rotatable bonds is 8. The van der Waals surface area contributed by atoms with E-state index in [0.29, 0.717) is 6.61 Å². The van der Waals surface area contributed by atoms with Crippen LogP contribution in [-0.2, 0) is 4.74 Å². The number of halogens is 2. The third-order valence-corrected chi connectivity index (χ3v) is 7.37. The van der Waals surface area contributed by atoms with Crippen LogP contribution in [0.2, 0.25) is 0 Å². The number of aromatic nitrogens is 4. The van der Waals surface area contributed by atoms with Crippen molar-refractivity contribution in [1.29, 1.82) is 0 Å². The molecule has 224 valence electrons. The van der Waals surface area contributed by atoms with E-state index in [1.165, 1.54) is 31.7 Å². The smallest absolute Gasteiger partial charge is 0.413 e. The summed E-state index contributed by atoms with van der Waals surface area (Å²) < 4.78 is 40.9. The van der Waals surface area contributed by atoms with E-state index in [1.807, 2.05) is 13.8 Å². The highest BCUT2D eigenvalue weighted by Gasteiger charge is 2.48. The van der Waals surface area contributed by atoms with Crippen molar-refractivity contribution in [2.75, 3.05) is 55.4 Å². The number of urea groups is 1. The first kappa shape index (κ1) is 30.1. The summed E-state index contributed by atoms with van der Waals surface area (Å²) in [5, 5.41) is 8.40. The number of likely N-dealkylation sites (N-methyl/N-ethyl adjacent to an activating group) is 1. The number of carbonyl (C=O) groups is 2. The van der Waals surface area contributed by atoms with E-state index in [1.54, 1.807) is 11.8 Å². The number of nitrogens with one attached hydrogen (secondary N) is 3. The fourth-order valence-corrected chi connectivity index (χ4v) is 4.95. The van der Waals surface area contributed by atoms with Gasteiger partial charge in [0.05, 0.1) is 19.0 Å². The summed E-state index contributed by atoms with van der Waals surface area (Å²) in [5.41, 5.74) is -0.671. The summed E-state index contributed by atoms with van der Waals surface area (Å²) in [6.07, 6.45) is 4.67. The van der Waals surface area contributed by atoms with Crippen LogP contribution in [0.4, 0.5) is 36.0 Å². The van der Waals surface area contributed by atoms with Crippen molar-refractivity contribution in [3.05, 3.63) is 24.7 Å². The Morgan fingerprint density at radius 1 is 1.17 bits per heavy atom. The highest BCUT2D eigenvalue weighted by Crippen LogP contribution is 2.33. The second-order valence-electron chi connectivity index (χ2n) is 10.6. The first-order valence-corrected chi connectivity index (χ1v) is 13.6. The maximum atomic E-state index is 15.0. The Morgan fingerprint density at radius 3 is 2.61 bits per heavy atom. The minimum atomic E-state index is -3.16. The Labute approximate surface area is 237 Å². The van der Waals surface area contributed by atoms with Gasteiger partial charge in [0.1, 0.15) is 17.5 Å². The Bertz CT molecular complexity index is 1200. The normalized spacial score (nSPS) is 19.3. The van der Waals surface area contributed by atoms with Crippen molar-refractivity contribution in [2.45, 2.75) is 57.6 Å². The van der Waals surface area contributed by atoms with Gasteiger partial charge in [-0.25, -0.2) is 33.3 Å². The maximum Gasteiger partial charge on any atom is 0.413 e. The zero-order valence-corrected chi connectivity index (χ0v) is 23.7. The van der Waals surface area contributed by atoms with Gasteiger partial charge in [-0.05, 0) is 52.8 Å². The van der Waals surface area contributed by atoms with E-state index < -0.39 is 36.1 Å². The molecule has 2 fully saturated rings. The van der Waals surface area contributed by atoms with Gasteiger partial charge in [-0.1, -0.05) is 0 Å². The van der Waals surface area contributed by atoms with Crippen molar-refractivity contribution in [3.63, 3.8) is 0 Å². The minimum absolute atomic E-state index is 0.0417. The Kier molecular flexibility index (Phi) is 9.35. The molecule has 4 rings (SSSR count). The highest BCUT2D eigenvalue weighted by atomic mass is 19.3. The number of alkyl halides is 2. The topological polar surface area (TPSA) is 147 Å². The van der Waals surface area contributed by atoms with Gasteiger partial charge in [0, 0.05) is 38.7 Å². The zero-order chi connectivity index (χ0) is 29.6. The fourth-order valence-electron chi connectivity index (χ4n) is 4.95. The lowest BCUT2D eigenvalue weighted by Gasteiger charge is -2.42. The molecule has 0 aliphatic carbocycles. The Balaban J connectivity index is 1.39. The molecule has 0 saturated carbocycles. The van der Waals surface area contributed by atoms with Gasteiger partial charge < -0.3 is 24.6 Å². The number of amides is 3. The zero-order valence-electron chi connectivity index (χ0n) is 23.7. The van der Waals surface area contributed by atoms with Gasteiger partial charge in [-0.15, -0.1) is 0 Å². The van der Waals surface area contributed by atoms with Gasteiger partial charge >= 0.3 is 12.1 Å². The molecule has 3 N–H and O–H groups in total. The van der Waals surface area contributed by atoms with Crippen molar-refractivity contribution in [2.24, 2.45) is 5.92 Å². The highest BCUT2D eigenvalue weighted by molar-refractivity contribution is 5.88. The van der Waals surface area contributed by atoms with Crippen molar-refractivity contribution in [1.82, 2.24) is 30.2 Å². The van der Waals surface area contributed by atoms with Gasteiger partial charge in [-0.3, -0.25) is 10.6 Å². The SMILES string of the molecule is CCOc1cnc(NC(=O)N(C)C2CN(c3nccc(NC(=O)OC(C)(C)C4CCNCC4)n3)CCC2(F)F)cn1. The van der Waals surface area contributed by atoms with Crippen molar-refractivity contribution in [3.8, 4) is 5.88 Å². The molecule has 2 aliphatic heterocycles. The predicted octanol–water partition coefficient (Wildman–Crippen LogP) is 3.37. The second kappa shape index (κ2) is 12.7. The van der Waals surface area contributed by atoms with Crippen LogP contribution in [0.15, 0.2) is 24.7 Å². The fraction of sp³-hybridized carbons (Fsp3) is 0.615. The largest absolute Gasteiger partial charge is 0.477 e. The molecule has 2 aromatic rings. The molecule has 15 heteroatoms. The molecule has 0 spiro atoms. The third kappa shape index (κ3) is 7.65. The van der Waals surface area contributed by atoms with E-state index in [4.69, 9.17) is 9.47 Å². The lowest BCUT2D eigenvalue weighted by Crippen LogP contribution is -2.60. The van der Waals surface area contributed by atoms with Gasteiger partial charge in [-0.2, -0.15) is 4.98 Å². The van der Waals surface area contributed by atoms with Crippen LogP contribution in [0.5, 0.6) is 5.88 Å². The number of hydrogen-bond acceptors (Lipinski definition) is 10. The third-order valence-electron chi connectivity index (χ3n) is 7.37. The molecule has 41 heavy (non-hydrogen) atoms. The van der Waals surface area contributed by atoms with Gasteiger partial charge in [0.15, 0.2) is 5.82 Å². The minimum Gasteiger partial charge on any atom is -0.477 e. The number of nitrogens with zero attached hydrogens (tertiary/aromatic N) is 6. The molecule has 1 atom stereocenters.